The summed E-state index contributed by atoms with van der Waals surface area (Å²) >= 11 is 1.43. The lowest BCUT2D eigenvalue weighted by Crippen LogP contribution is -2.55. The first kappa shape index (κ1) is 19.2. The van der Waals surface area contributed by atoms with Crippen molar-refractivity contribution in [2.75, 3.05) is 44.0 Å². The first-order valence-electron chi connectivity index (χ1n) is 9.23. The van der Waals surface area contributed by atoms with E-state index in [4.69, 9.17) is 15.2 Å². The van der Waals surface area contributed by atoms with Gasteiger partial charge in [-0.25, -0.2) is 9.97 Å². The fraction of sp³-hybridized carbons (Fsp3) is 0.368. The molecule has 29 heavy (non-hydrogen) atoms. The van der Waals surface area contributed by atoms with Crippen molar-refractivity contribution in [3.8, 4) is 11.5 Å². The number of rotatable bonds is 5. The third-order valence-electron chi connectivity index (χ3n) is 4.87. The van der Waals surface area contributed by atoms with Crippen LogP contribution in [-0.2, 0) is 4.79 Å². The third-order valence-corrected chi connectivity index (χ3v) is 5.58. The predicted octanol–water partition coefficient (Wildman–Crippen LogP) is 1.79. The third kappa shape index (κ3) is 4.02. The Bertz CT molecular complexity index is 1010. The average molecular weight is 414 g/mol. The second-order valence-electron chi connectivity index (χ2n) is 6.76. The summed E-state index contributed by atoms with van der Waals surface area (Å²) in [6.45, 7) is 3.86. The maximum absolute atomic E-state index is 12.7. The molecule has 1 aliphatic heterocycles. The van der Waals surface area contributed by atoms with Gasteiger partial charge in [-0.1, -0.05) is 0 Å². The second kappa shape index (κ2) is 8.08. The molecule has 1 saturated heterocycles. The minimum Gasteiger partial charge on any atom is -0.497 e. The van der Waals surface area contributed by atoms with Gasteiger partial charge in [-0.2, -0.15) is 4.98 Å². The molecule has 4 rings (SSSR count). The molecule has 1 unspecified atom stereocenters. The number of hydrogen-bond acceptors (Lipinski definition) is 9. The van der Waals surface area contributed by atoms with Gasteiger partial charge in [-0.05, 0) is 31.2 Å². The van der Waals surface area contributed by atoms with E-state index >= 15 is 0 Å². The zero-order valence-electron chi connectivity index (χ0n) is 16.2. The summed E-state index contributed by atoms with van der Waals surface area (Å²) in [6.07, 6.45) is 0. The van der Waals surface area contributed by atoms with E-state index in [1.807, 2.05) is 11.8 Å². The van der Waals surface area contributed by atoms with E-state index in [1.165, 1.54) is 11.3 Å². The smallest absolute Gasteiger partial charge is 0.260 e. The molecule has 0 aliphatic carbocycles. The lowest BCUT2D eigenvalue weighted by Gasteiger charge is -2.40. The van der Waals surface area contributed by atoms with Gasteiger partial charge in [0.05, 0.1) is 12.6 Å². The zero-order chi connectivity index (χ0) is 20.4. The number of hydrogen-bond donors (Lipinski definition) is 1. The van der Waals surface area contributed by atoms with Crippen molar-refractivity contribution in [1.82, 2.24) is 19.9 Å². The molecular formula is C19H22N6O3S. The predicted molar refractivity (Wildman–Crippen MR) is 111 cm³/mol. The van der Waals surface area contributed by atoms with Gasteiger partial charge in [0.25, 0.3) is 5.91 Å². The number of thiazole rings is 1. The molecule has 1 fully saturated rings. The van der Waals surface area contributed by atoms with Gasteiger partial charge in [-0.3, -0.25) is 4.79 Å². The molecule has 1 aromatic carbocycles. The molecule has 9 nitrogen and oxygen atoms in total. The monoisotopic (exact) mass is 414 g/mol. The molecule has 152 valence electrons. The summed E-state index contributed by atoms with van der Waals surface area (Å²) in [7, 11) is 1.61. The highest BCUT2D eigenvalue weighted by molar-refractivity contribution is 7.16. The number of anilines is 2. The van der Waals surface area contributed by atoms with Crippen LogP contribution < -0.4 is 20.1 Å². The Hall–Kier alpha value is -3.14. The number of nitrogens with zero attached hydrogens (tertiary/aromatic N) is 5. The Labute approximate surface area is 172 Å². The van der Waals surface area contributed by atoms with Crippen LogP contribution in [0.4, 0.5) is 11.8 Å². The highest BCUT2D eigenvalue weighted by atomic mass is 32.1. The Kier molecular flexibility index (Phi) is 5.34. The SMILES string of the molecule is COc1ccc(OCC(=O)N2CCN(c3nc(N)nc4scnc34)CC2C)cc1. The summed E-state index contributed by atoms with van der Waals surface area (Å²) in [4.78, 5) is 30.4. The van der Waals surface area contributed by atoms with E-state index in [-0.39, 0.29) is 24.5 Å². The Morgan fingerprint density at radius 2 is 2.00 bits per heavy atom. The molecule has 10 heteroatoms. The van der Waals surface area contributed by atoms with E-state index < -0.39 is 0 Å². The van der Waals surface area contributed by atoms with Crippen LogP contribution in [0.3, 0.4) is 0 Å². The molecule has 0 bridgehead atoms. The van der Waals surface area contributed by atoms with Gasteiger partial charge in [0.1, 0.15) is 17.0 Å². The maximum atomic E-state index is 12.7. The van der Waals surface area contributed by atoms with Crippen LogP contribution in [0.5, 0.6) is 11.5 Å². The standard InChI is InChI=1S/C19H22N6O3S/c1-12-9-24(17-16-18(29-11-21-16)23-19(20)22-17)7-8-25(12)15(26)10-28-14-5-3-13(27-2)4-6-14/h3-6,11-12H,7-10H2,1-2H3,(H2,20,22,23). The molecule has 1 amide bonds. The summed E-state index contributed by atoms with van der Waals surface area (Å²) < 4.78 is 10.8. The van der Waals surface area contributed by atoms with Gasteiger partial charge in [0, 0.05) is 25.7 Å². The van der Waals surface area contributed by atoms with Gasteiger partial charge >= 0.3 is 0 Å². The molecule has 2 aromatic heterocycles. The largest absolute Gasteiger partial charge is 0.497 e. The Morgan fingerprint density at radius 1 is 1.24 bits per heavy atom. The molecular weight excluding hydrogens is 392 g/mol. The van der Waals surface area contributed by atoms with Crippen molar-refractivity contribution in [3.63, 3.8) is 0 Å². The first-order valence-corrected chi connectivity index (χ1v) is 10.1. The zero-order valence-corrected chi connectivity index (χ0v) is 17.1. The number of piperazine rings is 1. The number of ether oxygens (including phenoxy) is 2. The molecule has 0 spiro atoms. The van der Waals surface area contributed by atoms with Crippen molar-refractivity contribution in [2.45, 2.75) is 13.0 Å². The summed E-state index contributed by atoms with van der Waals surface area (Å²) in [5.74, 6) is 2.28. The quantitative estimate of drug-likeness (QED) is 0.673. The molecule has 1 aliphatic rings. The van der Waals surface area contributed by atoms with Gasteiger partial charge in [0.2, 0.25) is 5.95 Å². The van der Waals surface area contributed by atoms with Crippen molar-refractivity contribution >= 4 is 39.4 Å². The molecule has 1 atom stereocenters. The number of fused-ring (bicyclic) bond motifs is 1. The second-order valence-corrected chi connectivity index (χ2v) is 7.59. The van der Waals surface area contributed by atoms with Crippen molar-refractivity contribution in [1.29, 1.82) is 0 Å². The van der Waals surface area contributed by atoms with Gasteiger partial charge < -0.3 is 25.0 Å². The molecule has 3 heterocycles. The van der Waals surface area contributed by atoms with Crippen LogP contribution in [0.1, 0.15) is 6.92 Å². The molecule has 2 N–H and O–H groups in total. The molecule has 3 aromatic rings. The topological polar surface area (TPSA) is 107 Å². The highest BCUT2D eigenvalue weighted by Gasteiger charge is 2.29. The number of methoxy groups -OCH3 is 1. The lowest BCUT2D eigenvalue weighted by atomic mass is 10.2. The highest BCUT2D eigenvalue weighted by Crippen LogP contribution is 2.28. The van der Waals surface area contributed by atoms with Crippen LogP contribution in [0.15, 0.2) is 29.8 Å². The van der Waals surface area contributed by atoms with Gasteiger partial charge in [0.15, 0.2) is 17.3 Å². The summed E-state index contributed by atoms with van der Waals surface area (Å²) in [5, 5.41) is 0. The number of benzene rings is 1. The van der Waals surface area contributed by atoms with Crippen LogP contribution in [0, 0.1) is 0 Å². The lowest BCUT2D eigenvalue weighted by molar-refractivity contribution is -0.135. The average Bonchev–Trinajstić information content (AvgIpc) is 3.20. The number of aromatic nitrogens is 3. The fourth-order valence-electron chi connectivity index (χ4n) is 3.40. The van der Waals surface area contributed by atoms with E-state index in [0.29, 0.717) is 25.4 Å². The minimum absolute atomic E-state index is 0.000549. The van der Waals surface area contributed by atoms with Crippen molar-refractivity contribution in [2.24, 2.45) is 0 Å². The van der Waals surface area contributed by atoms with E-state index in [0.717, 1.165) is 21.9 Å². The summed E-state index contributed by atoms with van der Waals surface area (Å²) in [6, 6.07) is 7.17. The van der Waals surface area contributed by atoms with Crippen LogP contribution in [0.25, 0.3) is 10.3 Å². The number of nitrogens with two attached hydrogens (primary N) is 1. The van der Waals surface area contributed by atoms with E-state index in [2.05, 4.69) is 19.9 Å². The van der Waals surface area contributed by atoms with E-state index in [1.54, 1.807) is 36.9 Å². The van der Waals surface area contributed by atoms with Crippen LogP contribution in [-0.4, -0.2) is 65.2 Å². The van der Waals surface area contributed by atoms with Crippen LogP contribution >= 0.6 is 11.3 Å². The normalized spacial score (nSPS) is 16.8. The van der Waals surface area contributed by atoms with Crippen LogP contribution in [0.2, 0.25) is 0 Å². The maximum Gasteiger partial charge on any atom is 0.260 e. The van der Waals surface area contributed by atoms with E-state index in [9.17, 15) is 4.79 Å². The van der Waals surface area contributed by atoms with Gasteiger partial charge in [-0.15, -0.1) is 11.3 Å². The number of nitrogen functional groups attached to an aromatic ring is 1. The summed E-state index contributed by atoms with van der Waals surface area (Å²) in [5.41, 5.74) is 8.34. The van der Waals surface area contributed by atoms with Crippen molar-refractivity contribution < 1.29 is 14.3 Å². The fourth-order valence-corrected chi connectivity index (χ4v) is 4.06. The number of carbonyl (C=O) groups is 1. The molecule has 0 radical (unpaired) electrons. The molecule has 0 saturated carbocycles. The Morgan fingerprint density at radius 3 is 2.72 bits per heavy atom. The first-order chi connectivity index (χ1) is 14.0. The Balaban J connectivity index is 1.39. The minimum atomic E-state index is -0.0472. The number of amides is 1. The number of carbonyl (C=O) groups excluding carboxylic acids is 1. The van der Waals surface area contributed by atoms with Crippen molar-refractivity contribution in [3.05, 3.63) is 29.8 Å².